The van der Waals surface area contributed by atoms with Gasteiger partial charge in [-0.3, -0.25) is 9.48 Å². The number of amides is 1. The van der Waals surface area contributed by atoms with E-state index in [-0.39, 0.29) is 11.6 Å². The van der Waals surface area contributed by atoms with Gasteiger partial charge in [-0.05, 0) is 6.92 Å². The van der Waals surface area contributed by atoms with Gasteiger partial charge in [-0.25, -0.2) is 0 Å². The summed E-state index contributed by atoms with van der Waals surface area (Å²) in [5.74, 6) is -0.290. The lowest BCUT2D eigenvalue weighted by molar-refractivity contribution is 0.0922. The third-order valence-electron chi connectivity index (χ3n) is 1.95. The van der Waals surface area contributed by atoms with Gasteiger partial charge in [0.25, 0.3) is 5.91 Å². The molecule has 0 fully saturated rings. The monoisotopic (exact) mass is 238 g/mol. The minimum atomic E-state index is -0.290. The zero-order valence-corrected chi connectivity index (χ0v) is 10.2. The summed E-state index contributed by atoms with van der Waals surface area (Å²) < 4.78 is 6.75. The third-order valence-corrected chi connectivity index (χ3v) is 1.95. The van der Waals surface area contributed by atoms with Crippen molar-refractivity contribution in [1.82, 2.24) is 15.1 Å². The molecule has 1 aromatic rings. The highest BCUT2D eigenvalue weighted by Crippen LogP contribution is 2.06. The highest BCUT2D eigenvalue weighted by Gasteiger charge is 2.12. The van der Waals surface area contributed by atoms with Crippen molar-refractivity contribution < 1.29 is 9.53 Å². The summed E-state index contributed by atoms with van der Waals surface area (Å²) >= 11 is 0. The molecule has 0 aliphatic carbocycles. The molecule has 6 nitrogen and oxygen atoms in total. The Bertz CT molecular complexity index is 412. The van der Waals surface area contributed by atoms with E-state index in [1.807, 2.05) is 6.92 Å². The molecular formula is C11H18N4O2. The molecule has 0 saturated carbocycles. The number of hydrogen-bond acceptors (Lipinski definition) is 4. The van der Waals surface area contributed by atoms with E-state index in [2.05, 4.69) is 17.0 Å². The van der Waals surface area contributed by atoms with E-state index in [1.54, 1.807) is 13.2 Å². The molecule has 17 heavy (non-hydrogen) atoms. The Labute approximate surface area is 100 Å². The number of nitrogen functional groups attached to an aromatic ring is 1. The largest absolute Gasteiger partial charge is 0.396 e. The lowest BCUT2D eigenvalue weighted by Crippen LogP contribution is -2.28. The average Bonchev–Trinajstić information content (AvgIpc) is 2.56. The smallest absolute Gasteiger partial charge is 0.274 e. The number of hydrogen-bond donors (Lipinski definition) is 2. The standard InChI is InChI=1S/C11H18N4O2/c1-8(2)7-17-5-4-13-11(16)10-9(12)6-15(3)14-10/h6H,1,4-5,7,12H2,2-3H3,(H,13,16). The normalized spacial score (nSPS) is 10.2. The van der Waals surface area contributed by atoms with Crippen molar-refractivity contribution in [2.45, 2.75) is 6.92 Å². The molecule has 0 bridgehead atoms. The van der Waals surface area contributed by atoms with Crippen LogP contribution < -0.4 is 11.1 Å². The molecular weight excluding hydrogens is 220 g/mol. The maximum Gasteiger partial charge on any atom is 0.274 e. The number of ether oxygens (including phenoxy) is 1. The first kappa shape index (κ1) is 13.2. The van der Waals surface area contributed by atoms with Crippen LogP contribution in [0.1, 0.15) is 17.4 Å². The Morgan fingerprint density at radius 2 is 2.41 bits per heavy atom. The fourth-order valence-corrected chi connectivity index (χ4v) is 1.25. The number of aryl methyl sites for hydroxylation is 1. The molecule has 0 saturated heterocycles. The van der Waals surface area contributed by atoms with Crippen molar-refractivity contribution in [2.24, 2.45) is 7.05 Å². The maximum absolute atomic E-state index is 11.6. The van der Waals surface area contributed by atoms with Gasteiger partial charge in [0.1, 0.15) is 0 Å². The third kappa shape index (κ3) is 4.28. The molecule has 0 radical (unpaired) electrons. The van der Waals surface area contributed by atoms with E-state index in [4.69, 9.17) is 10.5 Å². The molecule has 0 aromatic carbocycles. The van der Waals surface area contributed by atoms with Gasteiger partial charge >= 0.3 is 0 Å². The second-order valence-electron chi connectivity index (χ2n) is 3.87. The first-order valence-corrected chi connectivity index (χ1v) is 5.30. The van der Waals surface area contributed by atoms with Crippen molar-refractivity contribution in [3.63, 3.8) is 0 Å². The predicted octanol–water partition coefficient (Wildman–Crippen LogP) is 0.325. The quantitative estimate of drug-likeness (QED) is 0.552. The van der Waals surface area contributed by atoms with E-state index in [9.17, 15) is 4.79 Å². The van der Waals surface area contributed by atoms with Gasteiger partial charge in [0.05, 0.1) is 18.9 Å². The number of nitrogens with zero attached hydrogens (tertiary/aromatic N) is 2. The Kier molecular flexibility index (Phi) is 4.71. The van der Waals surface area contributed by atoms with Gasteiger partial charge in [-0.1, -0.05) is 12.2 Å². The fourth-order valence-electron chi connectivity index (χ4n) is 1.25. The average molecular weight is 238 g/mol. The number of nitrogens with one attached hydrogen (secondary N) is 1. The first-order valence-electron chi connectivity index (χ1n) is 5.30. The van der Waals surface area contributed by atoms with Crippen molar-refractivity contribution in [3.05, 3.63) is 24.0 Å². The van der Waals surface area contributed by atoms with Crippen LogP contribution in [0.25, 0.3) is 0 Å². The highest BCUT2D eigenvalue weighted by molar-refractivity contribution is 5.96. The van der Waals surface area contributed by atoms with Crippen LogP contribution in [-0.4, -0.2) is 35.4 Å². The zero-order chi connectivity index (χ0) is 12.8. The van der Waals surface area contributed by atoms with Crippen LogP contribution in [0.4, 0.5) is 5.69 Å². The van der Waals surface area contributed by atoms with Crippen molar-refractivity contribution in [3.8, 4) is 0 Å². The van der Waals surface area contributed by atoms with E-state index in [1.165, 1.54) is 4.68 Å². The predicted molar refractivity (Wildman–Crippen MR) is 65.6 cm³/mol. The minimum Gasteiger partial charge on any atom is -0.396 e. The highest BCUT2D eigenvalue weighted by atomic mass is 16.5. The maximum atomic E-state index is 11.6. The number of carbonyl (C=O) groups is 1. The Morgan fingerprint density at radius 3 is 2.94 bits per heavy atom. The van der Waals surface area contributed by atoms with Crippen LogP contribution in [0.5, 0.6) is 0 Å². The van der Waals surface area contributed by atoms with Crippen molar-refractivity contribution in [1.29, 1.82) is 0 Å². The van der Waals surface area contributed by atoms with Gasteiger partial charge < -0.3 is 15.8 Å². The van der Waals surface area contributed by atoms with Crippen LogP contribution in [0.15, 0.2) is 18.3 Å². The van der Waals surface area contributed by atoms with Crippen molar-refractivity contribution >= 4 is 11.6 Å². The summed E-state index contributed by atoms with van der Waals surface area (Å²) in [7, 11) is 1.71. The number of nitrogens with two attached hydrogens (primary N) is 1. The summed E-state index contributed by atoms with van der Waals surface area (Å²) in [6.45, 7) is 6.95. The second-order valence-corrected chi connectivity index (χ2v) is 3.87. The van der Waals surface area contributed by atoms with Gasteiger partial charge in [-0.2, -0.15) is 5.10 Å². The first-order chi connectivity index (χ1) is 8.00. The van der Waals surface area contributed by atoms with E-state index in [0.717, 1.165) is 5.57 Å². The zero-order valence-electron chi connectivity index (χ0n) is 10.2. The fraction of sp³-hybridized carbons (Fsp3) is 0.455. The summed E-state index contributed by atoms with van der Waals surface area (Å²) in [4.78, 5) is 11.6. The summed E-state index contributed by atoms with van der Waals surface area (Å²) in [5, 5.41) is 6.64. The van der Waals surface area contributed by atoms with Crippen molar-refractivity contribution in [2.75, 3.05) is 25.5 Å². The molecule has 0 aliphatic heterocycles. The van der Waals surface area contributed by atoms with Crippen LogP contribution in [0.2, 0.25) is 0 Å². The molecule has 94 valence electrons. The number of carbonyl (C=O) groups excluding carboxylic acids is 1. The van der Waals surface area contributed by atoms with E-state index in [0.29, 0.717) is 25.4 Å². The number of aromatic nitrogens is 2. The topological polar surface area (TPSA) is 82.2 Å². The molecule has 1 aromatic heterocycles. The molecule has 0 atom stereocenters. The second kappa shape index (κ2) is 6.05. The molecule has 6 heteroatoms. The van der Waals surface area contributed by atoms with Gasteiger partial charge in [0, 0.05) is 19.8 Å². The van der Waals surface area contributed by atoms with E-state index < -0.39 is 0 Å². The summed E-state index contributed by atoms with van der Waals surface area (Å²) in [5.41, 5.74) is 7.19. The molecule has 1 heterocycles. The van der Waals surface area contributed by atoms with Crippen LogP contribution >= 0.6 is 0 Å². The lowest BCUT2D eigenvalue weighted by Gasteiger charge is -2.05. The van der Waals surface area contributed by atoms with Crippen LogP contribution in [0, 0.1) is 0 Å². The summed E-state index contributed by atoms with van der Waals surface area (Å²) in [6.07, 6.45) is 1.59. The molecule has 0 spiro atoms. The molecule has 1 amide bonds. The minimum absolute atomic E-state index is 0.243. The molecule has 0 unspecified atom stereocenters. The lowest BCUT2D eigenvalue weighted by atomic mass is 10.3. The summed E-state index contributed by atoms with van der Waals surface area (Å²) in [6, 6.07) is 0. The Balaban J connectivity index is 2.30. The molecule has 0 aliphatic rings. The SMILES string of the molecule is C=C(C)COCCNC(=O)c1nn(C)cc1N. The van der Waals surface area contributed by atoms with Gasteiger partial charge in [-0.15, -0.1) is 0 Å². The van der Waals surface area contributed by atoms with Gasteiger partial charge in [0.2, 0.25) is 0 Å². The Morgan fingerprint density at radius 1 is 1.71 bits per heavy atom. The van der Waals surface area contributed by atoms with Crippen LogP contribution in [-0.2, 0) is 11.8 Å². The van der Waals surface area contributed by atoms with Gasteiger partial charge in [0.15, 0.2) is 5.69 Å². The van der Waals surface area contributed by atoms with Crippen LogP contribution in [0.3, 0.4) is 0 Å². The molecule has 1 rings (SSSR count). The Hall–Kier alpha value is -1.82. The van der Waals surface area contributed by atoms with E-state index >= 15 is 0 Å². The molecule has 3 N–H and O–H groups in total. The number of rotatable bonds is 6. The number of anilines is 1.